The molecule has 14 heavy (non-hydrogen) atoms. The SMILES string of the molecule is Cc1ncccc1CN1CCNC1=O. The fourth-order valence-electron chi connectivity index (χ4n) is 1.55. The van der Waals surface area contributed by atoms with E-state index in [1.54, 1.807) is 11.1 Å². The summed E-state index contributed by atoms with van der Waals surface area (Å²) in [7, 11) is 0. The molecule has 1 aliphatic rings. The standard InChI is InChI=1S/C10H13N3O/c1-8-9(3-2-4-11-8)7-13-6-5-12-10(13)14/h2-4H,5-7H2,1H3,(H,12,14). The van der Waals surface area contributed by atoms with E-state index in [1.807, 2.05) is 19.1 Å². The number of nitrogens with one attached hydrogen (secondary N) is 1. The highest BCUT2D eigenvalue weighted by atomic mass is 16.2. The molecule has 1 aromatic rings. The van der Waals surface area contributed by atoms with Gasteiger partial charge in [-0.2, -0.15) is 0 Å². The minimum Gasteiger partial charge on any atom is -0.336 e. The van der Waals surface area contributed by atoms with E-state index in [0.29, 0.717) is 6.54 Å². The van der Waals surface area contributed by atoms with Crippen molar-refractivity contribution in [2.75, 3.05) is 13.1 Å². The number of rotatable bonds is 2. The van der Waals surface area contributed by atoms with E-state index in [2.05, 4.69) is 10.3 Å². The van der Waals surface area contributed by atoms with Gasteiger partial charge in [0.1, 0.15) is 0 Å². The highest BCUT2D eigenvalue weighted by Gasteiger charge is 2.19. The number of carbonyl (C=O) groups is 1. The number of carbonyl (C=O) groups excluding carboxylic acids is 1. The van der Waals surface area contributed by atoms with Gasteiger partial charge in [-0.1, -0.05) is 6.07 Å². The molecule has 0 spiro atoms. The second-order valence-corrected chi connectivity index (χ2v) is 3.40. The third kappa shape index (κ3) is 1.69. The predicted molar refractivity (Wildman–Crippen MR) is 52.8 cm³/mol. The number of aryl methyl sites for hydroxylation is 1. The summed E-state index contributed by atoms with van der Waals surface area (Å²) in [5.41, 5.74) is 2.11. The third-order valence-electron chi connectivity index (χ3n) is 2.42. The van der Waals surface area contributed by atoms with Gasteiger partial charge in [-0.15, -0.1) is 0 Å². The van der Waals surface area contributed by atoms with Gasteiger partial charge in [0.05, 0.1) is 0 Å². The maximum Gasteiger partial charge on any atom is 0.317 e. The Morgan fingerprint density at radius 1 is 1.64 bits per heavy atom. The van der Waals surface area contributed by atoms with Gasteiger partial charge in [0.25, 0.3) is 0 Å². The molecule has 1 N–H and O–H groups in total. The first-order valence-electron chi connectivity index (χ1n) is 4.70. The van der Waals surface area contributed by atoms with Crippen molar-refractivity contribution in [3.05, 3.63) is 29.6 Å². The van der Waals surface area contributed by atoms with Crippen LogP contribution in [0.15, 0.2) is 18.3 Å². The maximum atomic E-state index is 11.3. The molecular weight excluding hydrogens is 178 g/mol. The highest BCUT2D eigenvalue weighted by molar-refractivity contribution is 5.76. The molecule has 74 valence electrons. The van der Waals surface area contributed by atoms with Crippen molar-refractivity contribution in [3.8, 4) is 0 Å². The lowest BCUT2D eigenvalue weighted by Gasteiger charge is -2.14. The van der Waals surface area contributed by atoms with Crippen molar-refractivity contribution in [2.24, 2.45) is 0 Å². The Kier molecular flexibility index (Phi) is 2.35. The first kappa shape index (κ1) is 8.99. The molecule has 4 nitrogen and oxygen atoms in total. The Labute approximate surface area is 82.9 Å². The predicted octanol–water partition coefficient (Wildman–Crippen LogP) is 0.915. The number of aromatic nitrogens is 1. The quantitative estimate of drug-likeness (QED) is 0.755. The molecule has 0 aliphatic carbocycles. The minimum absolute atomic E-state index is 0.0215. The van der Waals surface area contributed by atoms with Crippen molar-refractivity contribution in [1.29, 1.82) is 0 Å². The van der Waals surface area contributed by atoms with E-state index < -0.39 is 0 Å². The van der Waals surface area contributed by atoms with E-state index in [9.17, 15) is 4.79 Å². The van der Waals surface area contributed by atoms with Crippen LogP contribution in [0.4, 0.5) is 4.79 Å². The van der Waals surface area contributed by atoms with Gasteiger partial charge in [-0.05, 0) is 18.6 Å². The molecule has 0 unspecified atom stereocenters. The lowest BCUT2D eigenvalue weighted by Crippen LogP contribution is -2.27. The van der Waals surface area contributed by atoms with E-state index in [0.717, 1.165) is 24.3 Å². The van der Waals surface area contributed by atoms with Crippen LogP contribution in [-0.2, 0) is 6.54 Å². The monoisotopic (exact) mass is 191 g/mol. The zero-order valence-corrected chi connectivity index (χ0v) is 8.16. The van der Waals surface area contributed by atoms with Gasteiger partial charge in [-0.3, -0.25) is 4.98 Å². The Balaban J connectivity index is 2.10. The molecule has 2 rings (SSSR count). The molecular formula is C10H13N3O. The molecule has 1 fully saturated rings. The van der Waals surface area contributed by atoms with E-state index in [1.165, 1.54) is 0 Å². The fraction of sp³-hybridized carbons (Fsp3) is 0.400. The van der Waals surface area contributed by atoms with Crippen molar-refractivity contribution in [2.45, 2.75) is 13.5 Å². The Bertz CT molecular complexity index is 351. The normalized spacial score (nSPS) is 15.8. The number of urea groups is 1. The van der Waals surface area contributed by atoms with Gasteiger partial charge < -0.3 is 10.2 Å². The molecule has 0 atom stereocenters. The average Bonchev–Trinajstić information content (AvgIpc) is 2.56. The number of hydrogen-bond acceptors (Lipinski definition) is 2. The van der Waals surface area contributed by atoms with Gasteiger partial charge in [-0.25, -0.2) is 4.79 Å². The molecule has 4 heteroatoms. The van der Waals surface area contributed by atoms with Crippen LogP contribution < -0.4 is 5.32 Å². The minimum atomic E-state index is 0.0215. The molecule has 2 heterocycles. The fourth-order valence-corrected chi connectivity index (χ4v) is 1.55. The van der Waals surface area contributed by atoms with E-state index >= 15 is 0 Å². The van der Waals surface area contributed by atoms with Crippen LogP contribution in [0.2, 0.25) is 0 Å². The molecule has 0 aromatic carbocycles. The van der Waals surface area contributed by atoms with Crippen LogP contribution >= 0.6 is 0 Å². The second-order valence-electron chi connectivity index (χ2n) is 3.40. The molecule has 1 aromatic heterocycles. The van der Waals surface area contributed by atoms with Gasteiger partial charge in [0.15, 0.2) is 0 Å². The molecule has 0 bridgehead atoms. The molecule has 0 saturated carbocycles. The number of nitrogens with zero attached hydrogens (tertiary/aromatic N) is 2. The van der Waals surface area contributed by atoms with E-state index in [-0.39, 0.29) is 6.03 Å². The van der Waals surface area contributed by atoms with Crippen LogP contribution in [-0.4, -0.2) is 29.0 Å². The summed E-state index contributed by atoms with van der Waals surface area (Å²) in [5.74, 6) is 0. The third-order valence-corrected chi connectivity index (χ3v) is 2.42. The number of hydrogen-bond donors (Lipinski definition) is 1. The van der Waals surface area contributed by atoms with Crippen molar-refractivity contribution < 1.29 is 4.79 Å². The maximum absolute atomic E-state index is 11.3. The van der Waals surface area contributed by atoms with Crippen LogP contribution in [0, 0.1) is 6.92 Å². The number of pyridine rings is 1. The second kappa shape index (κ2) is 3.65. The average molecular weight is 191 g/mol. The van der Waals surface area contributed by atoms with Crippen molar-refractivity contribution >= 4 is 6.03 Å². The van der Waals surface area contributed by atoms with Crippen LogP contribution in [0.25, 0.3) is 0 Å². The van der Waals surface area contributed by atoms with Crippen LogP contribution in [0.3, 0.4) is 0 Å². The highest BCUT2D eigenvalue weighted by Crippen LogP contribution is 2.09. The molecule has 1 aliphatic heterocycles. The zero-order valence-electron chi connectivity index (χ0n) is 8.16. The largest absolute Gasteiger partial charge is 0.336 e. The topological polar surface area (TPSA) is 45.2 Å². The zero-order chi connectivity index (χ0) is 9.97. The van der Waals surface area contributed by atoms with E-state index in [4.69, 9.17) is 0 Å². The summed E-state index contributed by atoms with van der Waals surface area (Å²) < 4.78 is 0. The first-order valence-corrected chi connectivity index (χ1v) is 4.70. The first-order chi connectivity index (χ1) is 6.77. The van der Waals surface area contributed by atoms with Crippen LogP contribution in [0.1, 0.15) is 11.3 Å². The summed E-state index contributed by atoms with van der Waals surface area (Å²) in [6.45, 7) is 4.15. The molecule has 2 amide bonds. The lowest BCUT2D eigenvalue weighted by atomic mass is 10.2. The lowest BCUT2D eigenvalue weighted by molar-refractivity contribution is 0.215. The van der Waals surface area contributed by atoms with Crippen molar-refractivity contribution in [1.82, 2.24) is 15.2 Å². The summed E-state index contributed by atoms with van der Waals surface area (Å²) >= 11 is 0. The van der Waals surface area contributed by atoms with Gasteiger partial charge in [0, 0.05) is 31.5 Å². The summed E-state index contributed by atoms with van der Waals surface area (Å²) in [6, 6.07) is 3.93. The Morgan fingerprint density at radius 3 is 3.14 bits per heavy atom. The van der Waals surface area contributed by atoms with Crippen molar-refractivity contribution in [3.63, 3.8) is 0 Å². The summed E-state index contributed by atoms with van der Waals surface area (Å²) in [4.78, 5) is 17.3. The Hall–Kier alpha value is -1.58. The molecule has 0 radical (unpaired) electrons. The Morgan fingerprint density at radius 2 is 2.50 bits per heavy atom. The summed E-state index contributed by atoms with van der Waals surface area (Å²) in [5, 5.41) is 2.78. The smallest absolute Gasteiger partial charge is 0.317 e. The van der Waals surface area contributed by atoms with Crippen LogP contribution in [0.5, 0.6) is 0 Å². The summed E-state index contributed by atoms with van der Waals surface area (Å²) in [6.07, 6.45) is 1.77. The number of amides is 2. The van der Waals surface area contributed by atoms with Gasteiger partial charge in [0.2, 0.25) is 0 Å². The molecule has 1 saturated heterocycles. The van der Waals surface area contributed by atoms with Gasteiger partial charge >= 0.3 is 6.03 Å².